The molecule has 17 atom stereocenters. The van der Waals surface area contributed by atoms with Crippen molar-refractivity contribution in [2.24, 2.45) is 0 Å². The van der Waals surface area contributed by atoms with E-state index >= 15 is 0 Å². The minimum absolute atomic E-state index is 0.244. The zero-order chi connectivity index (χ0) is 62.6. The van der Waals surface area contributed by atoms with Gasteiger partial charge in [-0.25, -0.2) is 0 Å². The number of carbonyl (C=O) groups excluding carboxylic acids is 1. The third-order valence-corrected chi connectivity index (χ3v) is 17.2. The molecule has 17 unspecified atom stereocenters. The van der Waals surface area contributed by atoms with Crippen molar-refractivity contribution in [1.82, 2.24) is 5.32 Å². The fourth-order valence-corrected chi connectivity index (χ4v) is 11.6. The molecule has 3 aliphatic heterocycles. The Morgan fingerprint density at radius 3 is 1.20 bits per heavy atom. The standard InChI is InChI=1S/C67H123NO18/c1-3-5-7-9-11-13-15-17-19-20-21-22-23-24-25-26-27-28-29-30-31-33-35-37-39-41-43-45-55(73)68-50(51(72)44-42-40-38-36-34-32-18-16-14-12-10-8-6-4-2)49-81-65-61(79)58(76)63(53(47-70)83-65)86-67-62(80)59(77)64(54(48-71)84-67)85-66-60(78)57(75)56(74)52(46-69)82-66/h15,17,20-21,23-24,50-54,56-67,69-72,74-80H,3-14,16,18-19,22,25-49H2,1-2H3,(H,68,73)/b17-15-,21-20-,24-23-. The van der Waals surface area contributed by atoms with Crippen LogP contribution in [0.15, 0.2) is 36.5 Å². The molecule has 0 saturated carbocycles. The van der Waals surface area contributed by atoms with Crippen LogP contribution in [0.3, 0.4) is 0 Å². The molecular weight excluding hydrogens is 1110 g/mol. The number of rotatable bonds is 52. The van der Waals surface area contributed by atoms with Crippen LogP contribution < -0.4 is 5.32 Å². The molecule has 3 heterocycles. The summed E-state index contributed by atoms with van der Waals surface area (Å²) in [7, 11) is 0. The first-order valence-corrected chi connectivity index (χ1v) is 34.2. The monoisotopic (exact) mass is 1230 g/mol. The zero-order valence-electron chi connectivity index (χ0n) is 53.0. The van der Waals surface area contributed by atoms with E-state index in [4.69, 9.17) is 28.4 Å². The fraction of sp³-hybridized carbons (Fsp3) is 0.896. The molecule has 3 saturated heterocycles. The number of aliphatic hydroxyl groups is 11. The van der Waals surface area contributed by atoms with Gasteiger partial charge in [0, 0.05) is 6.42 Å². The van der Waals surface area contributed by atoms with Crippen molar-refractivity contribution >= 4 is 5.91 Å². The van der Waals surface area contributed by atoms with Crippen molar-refractivity contribution in [3.8, 4) is 0 Å². The first kappa shape index (κ1) is 78.3. The van der Waals surface area contributed by atoms with E-state index in [2.05, 4.69) is 55.6 Å². The van der Waals surface area contributed by atoms with E-state index in [-0.39, 0.29) is 18.9 Å². The van der Waals surface area contributed by atoms with Crippen LogP contribution in [0.5, 0.6) is 0 Å². The van der Waals surface area contributed by atoms with Gasteiger partial charge in [-0.3, -0.25) is 4.79 Å². The molecule has 3 rings (SSSR count). The van der Waals surface area contributed by atoms with Gasteiger partial charge in [0.2, 0.25) is 5.91 Å². The fourth-order valence-electron chi connectivity index (χ4n) is 11.6. The van der Waals surface area contributed by atoms with Crippen LogP contribution in [0, 0.1) is 0 Å². The first-order valence-electron chi connectivity index (χ1n) is 34.2. The van der Waals surface area contributed by atoms with E-state index in [0.29, 0.717) is 12.8 Å². The molecule has 19 heteroatoms. The smallest absolute Gasteiger partial charge is 0.220 e. The van der Waals surface area contributed by atoms with Crippen LogP contribution in [0.4, 0.5) is 0 Å². The van der Waals surface area contributed by atoms with E-state index in [9.17, 15) is 61.0 Å². The van der Waals surface area contributed by atoms with Crippen LogP contribution in [0.25, 0.3) is 0 Å². The second kappa shape index (κ2) is 49.7. The Kier molecular flexibility index (Phi) is 45.2. The number of hydrogen-bond donors (Lipinski definition) is 12. The molecule has 504 valence electrons. The summed E-state index contributed by atoms with van der Waals surface area (Å²) in [6.45, 7) is 1.79. The number of ether oxygens (including phenoxy) is 6. The largest absolute Gasteiger partial charge is 0.394 e. The Bertz CT molecular complexity index is 1710. The Morgan fingerprint density at radius 2 is 0.767 bits per heavy atom. The molecule has 0 aromatic rings. The lowest BCUT2D eigenvalue weighted by Gasteiger charge is -2.48. The van der Waals surface area contributed by atoms with Crippen LogP contribution in [0.1, 0.15) is 251 Å². The van der Waals surface area contributed by atoms with Gasteiger partial charge in [-0.05, 0) is 51.4 Å². The maximum Gasteiger partial charge on any atom is 0.220 e. The van der Waals surface area contributed by atoms with Crippen molar-refractivity contribution in [3.05, 3.63) is 36.5 Å². The molecule has 19 nitrogen and oxygen atoms in total. The molecule has 12 N–H and O–H groups in total. The summed E-state index contributed by atoms with van der Waals surface area (Å²) in [6.07, 6.45) is 29.4. The minimum Gasteiger partial charge on any atom is -0.394 e. The number of carbonyl (C=O) groups is 1. The molecular formula is C67H123NO18. The number of allylic oxidation sites excluding steroid dienone is 6. The van der Waals surface area contributed by atoms with Gasteiger partial charge in [-0.15, -0.1) is 0 Å². The molecule has 1 amide bonds. The van der Waals surface area contributed by atoms with Crippen molar-refractivity contribution in [2.75, 3.05) is 26.4 Å². The predicted molar refractivity (Wildman–Crippen MR) is 333 cm³/mol. The SMILES string of the molecule is CCCCCCC/C=C\C/C=C\C/C=C\CCCCCCCCCCCCCCC(=O)NC(COC1OC(CO)C(OC2OC(CO)C(OC3OC(CO)C(O)C(O)C3O)C(O)C2O)C(O)C1O)C(O)CCCCCCCCCCCCCCCC. The highest BCUT2D eigenvalue weighted by molar-refractivity contribution is 5.76. The average Bonchev–Trinajstić information content (AvgIpc) is 1.96. The summed E-state index contributed by atoms with van der Waals surface area (Å²) in [5.41, 5.74) is 0. The molecule has 0 bridgehead atoms. The van der Waals surface area contributed by atoms with Crippen LogP contribution in [-0.4, -0.2) is 193 Å². The lowest BCUT2D eigenvalue weighted by Crippen LogP contribution is -2.66. The highest BCUT2D eigenvalue weighted by Gasteiger charge is 2.53. The average molecular weight is 1230 g/mol. The molecule has 0 aromatic heterocycles. The molecule has 0 spiro atoms. The summed E-state index contributed by atoms with van der Waals surface area (Å²) in [4.78, 5) is 13.4. The Hall–Kier alpha value is -1.99. The maximum atomic E-state index is 13.4. The maximum absolute atomic E-state index is 13.4. The third kappa shape index (κ3) is 31.8. The van der Waals surface area contributed by atoms with Gasteiger partial charge in [-0.1, -0.05) is 230 Å². The van der Waals surface area contributed by atoms with Gasteiger partial charge in [0.05, 0.1) is 38.6 Å². The van der Waals surface area contributed by atoms with E-state index in [1.165, 1.54) is 154 Å². The number of aliphatic hydroxyl groups excluding tert-OH is 11. The van der Waals surface area contributed by atoms with E-state index in [0.717, 1.165) is 64.2 Å². The van der Waals surface area contributed by atoms with Crippen LogP contribution >= 0.6 is 0 Å². The second-order valence-corrected chi connectivity index (χ2v) is 24.6. The lowest BCUT2D eigenvalue weighted by atomic mass is 9.96. The molecule has 86 heavy (non-hydrogen) atoms. The van der Waals surface area contributed by atoms with Crippen molar-refractivity contribution in [3.63, 3.8) is 0 Å². The number of unbranched alkanes of at least 4 members (excludes halogenated alkanes) is 30. The quantitative estimate of drug-likeness (QED) is 0.0201. The summed E-state index contributed by atoms with van der Waals surface area (Å²) in [6, 6.07) is -0.888. The summed E-state index contributed by atoms with van der Waals surface area (Å²) in [5, 5.41) is 121. The topological polar surface area (TPSA) is 307 Å². The Morgan fingerprint density at radius 1 is 0.419 bits per heavy atom. The summed E-state index contributed by atoms with van der Waals surface area (Å²) in [5.74, 6) is -0.244. The number of hydrogen-bond acceptors (Lipinski definition) is 18. The van der Waals surface area contributed by atoms with Crippen LogP contribution in [-0.2, 0) is 33.2 Å². The normalized spacial score (nSPS) is 29.0. The highest BCUT2D eigenvalue weighted by Crippen LogP contribution is 2.33. The van der Waals surface area contributed by atoms with Gasteiger partial charge in [0.1, 0.15) is 73.2 Å². The number of amides is 1. The van der Waals surface area contributed by atoms with Gasteiger partial charge >= 0.3 is 0 Å². The minimum atomic E-state index is -1.97. The van der Waals surface area contributed by atoms with Gasteiger partial charge in [-0.2, -0.15) is 0 Å². The Balaban J connectivity index is 1.41. The van der Waals surface area contributed by atoms with Gasteiger partial charge in [0.15, 0.2) is 18.9 Å². The van der Waals surface area contributed by atoms with Crippen LogP contribution in [0.2, 0.25) is 0 Å². The summed E-state index contributed by atoms with van der Waals surface area (Å²) >= 11 is 0. The second-order valence-electron chi connectivity index (χ2n) is 24.6. The van der Waals surface area contributed by atoms with Crippen molar-refractivity contribution < 1.29 is 89.4 Å². The molecule has 0 aliphatic carbocycles. The van der Waals surface area contributed by atoms with Crippen molar-refractivity contribution in [2.45, 2.75) is 356 Å². The first-order chi connectivity index (χ1) is 41.8. The van der Waals surface area contributed by atoms with E-state index in [1.807, 2.05) is 0 Å². The Labute approximate surface area is 517 Å². The van der Waals surface area contributed by atoms with E-state index in [1.54, 1.807) is 0 Å². The van der Waals surface area contributed by atoms with E-state index < -0.39 is 124 Å². The predicted octanol–water partition coefficient (Wildman–Crippen LogP) is 8.44. The van der Waals surface area contributed by atoms with Gasteiger partial charge < -0.3 is 89.9 Å². The highest BCUT2D eigenvalue weighted by atomic mass is 16.8. The number of nitrogens with one attached hydrogen (secondary N) is 1. The third-order valence-electron chi connectivity index (χ3n) is 17.2. The molecule has 0 aromatic carbocycles. The zero-order valence-corrected chi connectivity index (χ0v) is 53.0. The molecule has 0 radical (unpaired) electrons. The van der Waals surface area contributed by atoms with Gasteiger partial charge in [0.25, 0.3) is 0 Å². The van der Waals surface area contributed by atoms with Crippen molar-refractivity contribution in [1.29, 1.82) is 0 Å². The molecule has 3 fully saturated rings. The molecule has 3 aliphatic rings. The summed E-state index contributed by atoms with van der Waals surface area (Å²) < 4.78 is 34.4. The lowest BCUT2D eigenvalue weighted by molar-refractivity contribution is -0.379.